The first-order valence-electron chi connectivity index (χ1n) is 10.0. The molecule has 0 aromatic rings. The molecule has 4 heteroatoms. The molecule has 2 unspecified atom stereocenters. The van der Waals surface area contributed by atoms with E-state index in [9.17, 15) is 0 Å². The zero-order valence-electron chi connectivity index (χ0n) is 17.6. The van der Waals surface area contributed by atoms with Gasteiger partial charge in [-0.25, -0.2) is 0 Å². The molecule has 0 spiro atoms. The van der Waals surface area contributed by atoms with Gasteiger partial charge in [-0.05, 0) is 0 Å². The van der Waals surface area contributed by atoms with Crippen LogP contribution in [0.15, 0.2) is 47.6 Å². The van der Waals surface area contributed by atoms with Gasteiger partial charge in [-0.3, -0.25) is 0 Å². The van der Waals surface area contributed by atoms with Gasteiger partial charge in [0.25, 0.3) is 0 Å². The minimum absolute atomic E-state index is 0. The molecule has 0 saturated carbocycles. The van der Waals surface area contributed by atoms with Crippen LogP contribution in [0.25, 0.3) is 0 Å². The molecular weight excluding hydrogens is 454 g/mol. The molecule has 0 aromatic carbocycles. The van der Waals surface area contributed by atoms with Crippen molar-refractivity contribution in [1.29, 1.82) is 0 Å². The maximum absolute atomic E-state index is 2.70. The van der Waals surface area contributed by atoms with Crippen LogP contribution in [0.2, 0.25) is 19.3 Å². The SMILES string of the molecule is CCCCC1=C[C](C)([Zr]([SiH](C)C)[C]2(C)C=CC(CCCC)=C2)C=C1.Cl.Cl. The minimum Gasteiger partial charge on any atom is -0.147 e. The van der Waals surface area contributed by atoms with E-state index >= 15 is 0 Å². The molecule has 2 aliphatic rings. The van der Waals surface area contributed by atoms with Gasteiger partial charge in [0, 0.05) is 0 Å². The summed E-state index contributed by atoms with van der Waals surface area (Å²) >= 11 is -1.69. The van der Waals surface area contributed by atoms with Gasteiger partial charge >= 0.3 is 160 Å². The van der Waals surface area contributed by atoms with Crippen LogP contribution in [0.3, 0.4) is 0 Å². The third-order valence-electron chi connectivity index (χ3n) is 5.63. The molecule has 0 N–H and O–H groups in total. The monoisotopic (exact) mass is 491 g/mol. The summed E-state index contributed by atoms with van der Waals surface area (Å²) in [5, 5.41) is 0. The summed E-state index contributed by atoms with van der Waals surface area (Å²) in [7, 11) is 0. The summed E-state index contributed by atoms with van der Waals surface area (Å²) in [6.07, 6.45) is 23.4. The first-order chi connectivity index (χ1) is 11.3. The van der Waals surface area contributed by atoms with Gasteiger partial charge in [0.15, 0.2) is 0 Å². The van der Waals surface area contributed by atoms with Crippen LogP contribution in [0.4, 0.5) is 0 Å². The van der Waals surface area contributed by atoms with E-state index in [1.807, 2.05) is 0 Å². The van der Waals surface area contributed by atoms with Crippen molar-refractivity contribution in [2.75, 3.05) is 0 Å². The number of allylic oxidation sites excluding steroid dienone is 8. The van der Waals surface area contributed by atoms with E-state index < -0.39 is 26.8 Å². The van der Waals surface area contributed by atoms with Gasteiger partial charge in [0.05, 0.1) is 0 Å². The second-order valence-electron chi connectivity index (χ2n) is 8.45. The Morgan fingerprint density at radius 1 is 0.808 bits per heavy atom. The van der Waals surface area contributed by atoms with E-state index in [1.54, 1.807) is 11.1 Å². The van der Waals surface area contributed by atoms with Crippen molar-refractivity contribution in [3.63, 3.8) is 0 Å². The van der Waals surface area contributed by atoms with Gasteiger partial charge in [-0.1, -0.05) is 0 Å². The molecule has 0 aliphatic heterocycles. The van der Waals surface area contributed by atoms with E-state index in [0.29, 0.717) is 6.25 Å². The Hall–Kier alpha value is 0.640. The first kappa shape index (κ1) is 26.6. The van der Waals surface area contributed by atoms with Gasteiger partial charge < -0.3 is 0 Å². The van der Waals surface area contributed by atoms with Crippen LogP contribution in [0.1, 0.15) is 66.2 Å². The Balaban J connectivity index is 0.00000312. The molecule has 0 saturated heterocycles. The Morgan fingerprint density at radius 2 is 1.19 bits per heavy atom. The summed E-state index contributed by atoms with van der Waals surface area (Å²) in [5.41, 5.74) is 3.24. The predicted octanol–water partition coefficient (Wildman–Crippen LogP) is 8.16. The molecule has 0 aromatic heterocycles. The fourth-order valence-electron chi connectivity index (χ4n) is 4.76. The average Bonchev–Trinajstić information content (AvgIpc) is 3.07. The number of hydrogen-bond acceptors (Lipinski definition) is 0. The van der Waals surface area contributed by atoms with Crippen molar-refractivity contribution in [3.05, 3.63) is 47.6 Å². The smallest absolute Gasteiger partial charge is 0.147 e. The zero-order valence-corrected chi connectivity index (χ0v) is 22.8. The minimum atomic E-state index is -1.69. The van der Waals surface area contributed by atoms with E-state index in [4.69, 9.17) is 0 Å². The number of halogens is 2. The Bertz CT molecular complexity index is 518. The Labute approximate surface area is 183 Å². The van der Waals surface area contributed by atoms with Gasteiger partial charge in [0.2, 0.25) is 0 Å². The number of rotatable bonds is 9. The van der Waals surface area contributed by atoms with Crippen LogP contribution in [0.5, 0.6) is 0 Å². The van der Waals surface area contributed by atoms with Crippen molar-refractivity contribution < 1.29 is 20.9 Å². The second kappa shape index (κ2) is 11.6. The van der Waals surface area contributed by atoms with Crippen molar-refractivity contribution >= 4 is 30.7 Å². The van der Waals surface area contributed by atoms with E-state index in [1.165, 1.54) is 38.5 Å². The van der Waals surface area contributed by atoms with Crippen LogP contribution < -0.4 is 0 Å². The molecule has 2 atom stereocenters. The summed E-state index contributed by atoms with van der Waals surface area (Å²) in [4.78, 5) is 0. The van der Waals surface area contributed by atoms with E-state index in [-0.39, 0.29) is 24.8 Å². The molecule has 0 bridgehead atoms. The number of hydrogen-bond donors (Lipinski definition) is 0. The van der Waals surface area contributed by atoms with Crippen LogP contribution >= 0.6 is 24.8 Å². The summed E-state index contributed by atoms with van der Waals surface area (Å²) in [6, 6.07) is 0. The predicted molar refractivity (Wildman–Crippen MR) is 124 cm³/mol. The summed E-state index contributed by atoms with van der Waals surface area (Å²) in [5.74, 6) is -0.630. The topological polar surface area (TPSA) is 0 Å². The molecule has 2 rings (SSSR count). The maximum Gasteiger partial charge on any atom is -0.147 e. The molecule has 0 nitrogen and oxygen atoms in total. The maximum atomic E-state index is 2.70. The third kappa shape index (κ3) is 6.33. The van der Waals surface area contributed by atoms with Gasteiger partial charge in [-0.15, -0.1) is 24.8 Å². The molecule has 149 valence electrons. The van der Waals surface area contributed by atoms with Gasteiger partial charge in [0.1, 0.15) is 0 Å². The molecule has 0 amide bonds. The Kier molecular flexibility index (Phi) is 11.9. The summed E-state index contributed by atoms with van der Waals surface area (Å²) < 4.78 is 0.864. The molecule has 26 heavy (non-hydrogen) atoms. The first-order valence-corrected chi connectivity index (χ1v) is 19.6. The van der Waals surface area contributed by atoms with Crippen LogP contribution in [-0.4, -0.2) is 5.92 Å². The normalized spacial score (nSPS) is 26.4. The summed E-state index contributed by atoms with van der Waals surface area (Å²) in [6.45, 7) is 15.0. The Morgan fingerprint density at radius 3 is 1.50 bits per heavy atom. The third-order valence-corrected chi connectivity index (χ3v) is 29.9. The quantitative estimate of drug-likeness (QED) is 0.284. The van der Waals surface area contributed by atoms with Crippen molar-refractivity contribution in [2.45, 2.75) is 85.6 Å². The van der Waals surface area contributed by atoms with Crippen LogP contribution in [-0.2, 0) is 20.9 Å². The second-order valence-corrected chi connectivity index (χ2v) is 30.0. The number of unbranched alkanes of at least 4 members (excludes halogenated alkanes) is 2. The van der Waals surface area contributed by atoms with Crippen molar-refractivity contribution in [1.82, 2.24) is 0 Å². The zero-order chi connectivity index (χ0) is 17.8. The molecule has 2 aliphatic carbocycles. The standard InChI is InChI=1S/2C10H15.C2H7Si.2ClH.Zr/c2*1-3-4-5-10-7-6-9(2)8-10;1-3-2;;;/h2*6-8H,3-5H2,1-2H3;3H,1-2H3;2*1H;. The average molecular weight is 494 g/mol. The van der Waals surface area contributed by atoms with Gasteiger partial charge in [-0.2, -0.15) is 0 Å². The van der Waals surface area contributed by atoms with E-state index in [0.717, 1.165) is 0 Å². The van der Waals surface area contributed by atoms with Crippen molar-refractivity contribution in [2.24, 2.45) is 0 Å². The molecule has 0 heterocycles. The van der Waals surface area contributed by atoms with Crippen molar-refractivity contribution in [3.8, 4) is 0 Å². The fraction of sp³-hybridized carbons (Fsp3) is 0.636. The van der Waals surface area contributed by atoms with Crippen LogP contribution in [0, 0.1) is 0 Å². The fourth-order valence-corrected chi connectivity index (χ4v) is 33.5. The molecular formula is C22H39Cl2SiZr. The van der Waals surface area contributed by atoms with E-state index in [2.05, 4.69) is 77.2 Å². The molecule has 0 radical (unpaired) electrons. The molecule has 0 fully saturated rings. The largest absolute Gasteiger partial charge is 0.147 e.